The van der Waals surface area contributed by atoms with Crippen LogP contribution in [-0.4, -0.2) is 24.2 Å². The van der Waals surface area contributed by atoms with E-state index in [1.54, 1.807) is 12.1 Å². The van der Waals surface area contributed by atoms with Gasteiger partial charge in [-0.2, -0.15) is 0 Å². The van der Waals surface area contributed by atoms with E-state index in [1.165, 1.54) is 11.1 Å². The monoisotopic (exact) mass is 282 g/mol. The van der Waals surface area contributed by atoms with Crippen molar-refractivity contribution in [2.24, 2.45) is 0 Å². The lowest BCUT2D eigenvalue weighted by Gasteiger charge is -2.23. The van der Waals surface area contributed by atoms with Crippen LogP contribution in [0.4, 0.5) is 11.4 Å². The van der Waals surface area contributed by atoms with Gasteiger partial charge in [-0.05, 0) is 42.2 Å². The quantitative estimate of drug-likeness (QED) is 0.831. The molecule has 21 heavy (non-hydrogen) atoms. The largest absolute Gasteiger partial charge is 0.478 e. The van der Waals surface area contributed by atoms with Gasteiger partial charge in [0.1, 0.15) is 0 Å². The first-order valence-electron chi connectivity index (χ1n) is 7.09. The Hall–Kier alpha value is -2.49. The molecule has 1 aliphatic heterocycles. The van der Waals surface area contributed by atoms with Crippen molar-refractivity contribution in [3.05, 3.63) is 59.2 Å². The van der Waals surface area contributed by atoms with Gasteiger partial charge in [0.15, 0.2) is 0 Å². The zero-order chi connectivity index (χ0) is 14.8. The molecule has 4 nitrogen and oxygen atoms in total. The molecule has 0 unspecified atom stereocenters. The first kappa shape index (κ1) is 13.5. The molecule has 108 valence electrons. The van der Waals surface area contributed by atoms with Crippen molar-refractivity contribution in [2.45, 2.75) is 12.8 Å². The van der Waals surface area contributed by atoms with Gasteiger partial charge in [-0.3, -0.25) is 0 Å². The standard InChI is InChI=1S/C17H18N2O2/c18-16-6-5-14(11-15(16)17(20)21)19-9-7-12-3-1-2-4-13(12)8-10-19/h1-6,11H,7-10,18H2,(H,20,21). The zero-order valence-corrected chi connectivity index (χ0v) is 11.7. The lowest BCUT2D eigenvalue weighted by Crippen LogP contribution is -2.26. The van der Waals surface area contributed by atoms with Crippen LogP contribution in [0.1, 0.15) is 21.5 Å². The second-order valence-electron chi connectivity index (χ2n) is 5.33. The molecule has 0 aromatic heterocycles. The SMILES string of the molecule is Nc1ccc(N2CCc3ccccc3CC2)cc1C(=O)O. The Bertz CT molecular complexity index is 655. The fourth-order valence-corrected chi connectivity index (χ4v) is 2.85. The number of hydrogen-bond acceptors (Lipinski definition) is 3. The van der Waals surface area contributed by atoms with Crippen molar-refractivity contribution in [3.63, 3.8) is 0 Å². The van der Waals surface area contributed by atoms with Crippen molar-refractivity contribution in [3.8, 4) is 0 Å². The maximum absolute atomic E-state index is 11.2. The Kier molecular flexibility index (Phi) is 3.52. The van der Waals surface area contributed by atoms with Gasteiger partial charge in [-0.15, -0.1) is 0 Å². The molecule has 0 aliphatic carbocycles. The summed E-state index contributed by atoms with van der Waals surface area (Å²) >= 11 is 0. The third kappa shape index (κ3) is 2.70. The number of benzene rings is 2. The Balaban J connectivity index is 1.86. The van der Waals surface area contributed by atoms with Gasteiger partial charge in [0, 0.05) is 24.5 Å². The fraction of sp³-hybridized carbons (Fsp3) is 0.235. The van der Waals surface area contributed by atoms with Gasteiger partial charge in [-0.25, -0.2) is 4.79 Å². The number of carboxylic acid groups (broad SMARTS) is 1. The number of carboxylic acids is 1. The molecule has 2 aromatic carbocycles. The molecule has 1 aliphatic rings. The molecule has 0 amide bonds. The maximum atomic E-state index is 11.2. The molecular weight excluding hydrogens is 264 g/mol. The van der Waals surface area contributed by atoms with Crippen LogP contribution in [0, 0.1) is 0 Å². The van der Waals surface area contributed by atoms with Gasteiger partial charge in [0.25, 0.3) is 0 Å². The highest BCUT2D eigenvalue weighted by Gasteiger charge is 2.16. The lowest BCUT2D eigenvalue weighted by molar-refractivity contribution is 0.0698. The normalized spacial score (nSPS) is 14.4. The summed E-state index contributed by atoms with van der Waals surface area (Å²) in [6, 6.07) is 13.7. The molecule has 0 saturated carbocycles. The lowest BCUT2D eigenvalue weighted by atomic mass is 10.0. The fourth-order valence-electron chi connectivity index (χ4n) is 2.85. The van der Waals surface area contributed by atoms with Crippen LogP contribution in [0.5, 0.6) is 0 Å². The van der Waals surface area contributed by atoms with E-state index in [1.807, 2.05) is 6.07 Å². The number of nitrogens with two attached hydrogens (primary N) is 1. The molecular formula is C17H18N2O2. The summed E-state index contributed by atoms with van der Waals surface area (Å²) in [6.07, 6.45) is 1.95. The second kappa shape index (κ2) is 5.48. The van der Waals surface area contributed by atoms with Crippen LogP contribution in [0.3, 0.4) is 0 Å². The van der Waals surface area contributed by atoms with Crippen LogP contribution in [0.25, 0.3) is 0 Å². The third-order valence-corrected chi connectivity index (χ3v) is 4.05. The molecule has 0 saturated heterocycles. The number of aromatic carboxylic acids is 1. The van der Waals surface area contributed by atoms with Crippen molar-refractivity contribution in [1.82, 2.24) is 0 Å². The van der Waals surface area contributed by atoms with Crippen LogP contribution in [0.2, 0.25) is 0 Å². The van der Waals surface area contributed by atoms with Crippen LogP contribution in [-0.2, 0) is 12.8 Å². The number of nitrogen functional groups attached to an aromatic ring is 1. The second-order valence-corrected chi connectivity index (χ2v) is 5.33. The summed E-state index contributed by atoms with van der Waals surface area (Å²) in [5.41, 5.74) is 9.90. The Morgan fingerprint density at radius 1 is 1.05 bits per heavy atom. The molecule has 3 N–H and O–H groups in total. The molecule has 0 bridgehead atoms. The molecule has 1 heterocycles. The summed E-state index contributed by atoms with van der Waals surface area (Å²) in [5, 5.41) is 9.19. The molecule has 0 atom stereocenters. The van der Waals surface area contributed by atoms with Crippen LogP contribution < -0.4 is 10.6 Å². The minimum absolute atomic E-state index is 0.175. The van der Waals surface area contributed by atoms with E-state index in [0.29, 0.717) is 5.69 Å². The van der Waals surface area contributed by atoms with E-state index in [-0.39, 0.29) is 5.56 Å². The molecule has 0 spiro atoms. The molecule has 0 fully saturated rings. The number of rotatable bonds is 2. The summed E-state index contributed by atoms with van der Waals surface area (Å²) < 4.78 is 0. The van der Waals surface area contributed by atoms with Gasteiger partial charge >= 0.3 is 5.97 Å². The van der Waals surface area contributed by atoms with Gasteiger partial charge in [0.05, 0.1) is 5.56 Å². The summed E-state index contributed by atoms with van der Waals surface area (Å²) in [7, 11) is 0. The smallest absolute Gasteiger partial charge is 0.337 e. The van der Waals surface area contributed by atoms with E-state index >= 15 is 0 Å². The average molecular weight is 282 g/mol. The van der Waals surface area contributed by atoms with Crippen molar-refractivity contribution >= 4 is 17.3 Å². The van der Waals surface area contributed by atoms with Crippen molar-refractivity contribution in [2.75, 3.05) is 23.7 Å². The summed E-state index contributed by atoms with van der Waals surface area (Å²) in [5.74, 6) is -0.979. The highest BCUT2D eigenvalue weighted by atomic mass is 16.4. The zero-order valence-electron chi connectivity index (χ0n) is 11.7. The Morgan fingerprint density at radius 3 is 2.24 bits per heavy atom. The Labute approximate surface area is 123 Å². The molecule has 3 rings (SSSR count). The summed E-state index contributed by atoms with van der Waals surface area (Å²) in [6.45, 7) is 1.78. The first-order chi connectivity index (χ1) is 10.1. The third-order valence-electron chi connectivity index (χ3n) is 4.05. The van der Waals surface area contributed by atoms with E-state index < -0.39 is 5.97 Å². The van der Waals surface area contributed by atoms with E-state index in [2.05, 4.69) is 29.2 Å². The maximum Gasteiger partial charge on any atom is 0.337 e. The van der Waals surface area contributed by atoms with Crippen molar-refractivity contribution < 1.29 is 9.90 Å². The average Bonchev–Trinajstić information content (AvgIpc) is 2.70. The number of hydrogen-bond donors (Lipinski definition) is 2. The number of carbonyl (C=O) groups is 1. The van der Waals surface area contributed by atoms with Crippen LogP contribution >= 0.6 is 0 Å². The number of fused-ring (bicyclic) bond motifs is 1. The van der Waals surface area contributed by atoms with Crippen molar-refractivity contribution in [1.29, 1.82) is 0 Å². The predicted molar refractivity (Wildman–Crippen MR) is 83.9 cm³/mol. The molecule has 2 aromatic rings. The minimum Gasteiger partial charge on any atom is -0.478 e. The number of nitrogens with zero attached hydrogens (tertiary/aromatic N) is 1. The topological polar surface area (TPSA) is 66.6 Å². The first-order valence-corrected chi connectivity index (χ1v) is 7.09. The van der Waals surface area contributed by atoms with E-state index in [9.17, 15) is 9.90 Å². The molecule has 0 radical (unpaired) electrons. The summed E-state index contributed by atoms with van der Waals surface area (Å²) in [4.78, 5) is 13.4. The van der Waals surface area contributed by atoms with Gasteiger partial charge in [-0.1, -0.05) is 24.3 Å². The van der Waals surface area contributed by atoms with Crippen LogP contribution in [0.15, 0.2) is 42.5 Å². The Morgan fingerprint density at radius 2 is 1.67 bits per heavy atom. The van der Waals surface area contributed by atoms with E-state index in [0.717, 1.165) is 31.6 Å². The minimum atomic E-state index is -0.979. The highest BCUT2D eigenvalue weighted by Crippen LogP contribution is 2.24. The van der Waals surface area contributed by atoms with Gasteiger partial charge in [0.2, 0.25) is 0 Å². The highest BCUT2D eigenvalue weighted by molar-refractivity contribution is 5.94. The number of anilines is 2. The predicted octanol–water partition coefficient (Wildman–Crippen LogP) is 2.57. The van der Waals surface area contributed by atoms with E-state index in [4.69, 9.17) is 5.73 Å². The van der Waals surface area contributed by atoms with Gasteiger partial charge < -0.3 is 15.7 Å². The molecule has 4 heteroatoms.